The number of halogens is 3. The van der Waals surface area contributed by atoms with Crippen LogP contribution in [0.25, 0.3) is 5.69 Å². The molecule has 1 aliphatic heterocycles. The topological polar surface area (TPSA) is 87.5 Å². The van der Waals surface area contributed by atoms with E-state index in [9.17, 15) is 18.0 Å². The monoisotopic (exact) mass is 542 g/mol. The molecule has 0 bridgehead atoms. The molecule has 2 aromatic carbocycles. The average molecular weight is 543 g/mol. The lowest BCUT2D eigenvalue weighted by Crippen LogP contribution is -2.38. The van der Waals surface area contributed by atoms with Crippen molar-refractivity contribution in [1.29, 1.82) is 0 Å². The van der Waals surface area contributed by atoms with Gasteiger partial charge in [-0.2, -0.15) is 18.3 Å². The number of carbonyl (C=O) groups excluding carboxylic acids is 1. The van der Waals surface area contributed by atoms with Crippen LogP contribution in [0.2, 0.25) is 0 Å². The van der Waals surface area contributed by atoms with E-state index in [1.165, 1.54) is 43.2 Å². The summed E-state index contributed by atoms with van der Waals surface area (Å²) in [6.07, 6.45) is 5.60. The second kappa shape index (κ2) is 12.5. The van der Waals surface area contributed by atoms with E-state index in [1.807, 2.05) is 48.0 Å². The maximum atomic E-state index is 13.0. The first-order valence-electron chi connectivity index (χ1n) is 13.2. The molecule has 0 radical (unpaired) electrons. The number of aromatic nitrogens is 2. The summed E-state index contributed by atoms with van der Waals surface area (Å²) in [5.41, 5.74) is 6.06. The van der Waals surface area contributed by atoms with E-state index in [-0.39, 0.29) is 5.91 Å². The van der Waals surface area contributed by atoms with Crippen LogP contribution in [0.5, 0.6) is 0 Å². The number of hydrogen-bond donors (Lipinski definition) is 2. The van der Waals surface area contributed by atoms with E-state index in [1.54, 1.807) is 6.20 Å². The van der Waals surface area contributed by atoms with Crippen molar-refractivity contribution in [3.05, 3.63) is 77.1 Å². The summed E-state index contributed by atoms with van der Waals surface area (Å²) in [5, 5.41) is 14.7. The smallest absolute Gasteiger partial charge is 0.475 e. The van der Waals surface area contributed by atoms with Gasteiger partial charge in [0.25, 0.3) is 5.91 Å². The maximum Gasteiger partial charge on any atom is 0.490 e. The molecule has 1 fully saturated rings. The van der Waals surface area contributed by atoms with Gasteiger partial charge in [0.2, 0.25) is 0 Å². The molecule has 2 N–H and O–H groups in total. The number of rotatable bonds is 4. The first-order chi connectivity index (χ1) is 18.6. The molecule has 2 aliphatic rings. The highest BCUT2D eigenvalue weighted by atomic mass is 19.4. The number of para-hydroxylation sites is 1. The Morgan fingerprint density at radius 3 is 2.26 bits per heavy atom. The summed E-state index contributed by atoms with van der Waals surface area (Å²) in [4.78, 5) is 24.6. The van der Waals surface area contributed by atoms with Gasteiger partial charge in [-0.1, -0.05) is 43.5 Å². The summed E-state index contributed by atoms with van der Waals surface area (Å²) in [7, 11) is 0. The number of anilines is 1. The van der Waals surface area contributed by atoms with E-state index < -0.39 is 12.1 Å². The van der Waals surface area contributed by atoms with Gasteiger partial charge in [0.05, 0.1) is 23.1 Å². The van der Waals surface area contributed by atoms with Crippen LogP contribution in [0.4, 0.5) is 18.9 Å². The van der Waals surface area contributed by atoms with Gasteiger partial charge in [-0.25, -0.2) is 9.48 Å². The van der Waals surface area contributed by atoms with Crippen molar-refractivity contribution < 1.29 is 27.9 Å². The predicted octanol–water partition coefficient (Wildman–Crippen LogP) is 5.80. The summed E-state index contributed by atoms with van der Waals surface area (Å²) in [6.45, 7) is 4.21. The third-order valence-corrected chi connectivity index (χ3v) is 7.39. The Hall–Kier alpha value is -3.66. The Bertz CT molecular complexity index is 1280. The molecule has 10 heteroatoms. The molecular weight excluding hydrogens is 509 g/mol. The van der Waals surface area contributed by atoms with Crippen LogP contribution in [0.1, 0.15) is 59.3 Å². The number of carbonyl (C=O) groups is 2. The number of alkyl halides is 3. The Balaban J connectivity index is 0.000000448. The number of aliphatic carboxylic acids is 1. The van der Waals surface area contributed by atoms with Gasteiger partial charge in [-0.3, -0.25) is 9.69 Å². The van der Waals surface area contributed by atoms with Gasteiger partial charge in [0.1, 0.15) is 0 Å². The standard InChI is InChI=1S/C27H32N4O.C2HF3O2/c1-20-26(19-28-31(20)25-10-6-3-7-11-25)27(32)29-23-13-12-21-14-16-30(17-15-22(21)18-23)24-8-4-2-5-9-24;3-2(4,5)1(6)7/h3,6-7,10-13,18-19,24H,2,4-5,8-9,14-17H2,1H3,(H,29,32);(H,6,7). The maximum absolute atomic E-state index is 13.0. The van der Waals surface area contributed by atoms with Crippen molar-refractivity contribution in [2.24, 2.45) is 0 Å². The number of carboxylic acid groups (broad SMARTS) is 1. The minimum Gasteiger partial charge on any atom is -0.475 e. The molecular formula is C29H33F3N4O3. The summed E-state index contributed by atoms with van der Waals surface area (Å²) in [6, 6.07) is 17.1. The summed E-state index contributed by atoms with van der Waals surface area (Å²) < 4.78 is 33.5. The molecule has 1 aromatic heterocycles. The van der Waals surface area contributed by atoms with E-state index >= 15 is 0 Å². The minimum absolute atomic E-state index is 0.109. The Kier molecular flexibility index (Phi) is 9.06. The van der Waals surface area contributed by atoms with E-state index in [0.29, 0.717) is 5.56 Å². The number of benzene rings is 2. The second-order valence-corrected chi connectivity index (χ2v) is 9.96. The van der Waals surface area contributed by atoms with Gasteiger partial charge in [-0.05, 0) is 68.0 Å². The zero-order valence-corrected chi connectivity index (χ0v) is 21.9. The van der Waals surface area contributed by atoms with Gasteiger partial charge in [-0.15, -0.1) is 0 Å². The van der Waals surface area contributed by atoms with Crippen LogP contribution in [-0.4, -0.2) is 57.0 Å². The van der Waals surface area contributed by atoms with E-state index in [0.717, 1.165) is 49.0 Å². The number of nitrogens with zero attached hydrogens (tertiary/aromatic N) is 3. The van der Waals surface area contributed by atoms with Crippen molar-refractivity contribution in [2.75, 3.05) is 18.4 Å². The van der Waals surface area contributed by atoms with E-state index in [4.69, 9.17) is 9.90 Å². The SMILES string of the molecule is Cc1c(C(=O)Nc2ccc3c(c2)CCN(C2CCCCC2)CC3)cnn1-c1ccccc1.O=C(O)C(F)(F)F. The Labute approximate surface area is 225 Å². The lowest BCUT2D eigenvalue weighted by molar-refractivity contribution is -0.192. The zero-order chi connectivity index (χ0) is 28.0. The van der Waals surface area contributed by atoms with Crippen LogP contribution < -0.4 is 5.32 Å². The van der Waals surface area contributed by atoms with Crippen LogP contribution in [0, 0.1) is 6.92 Å². The van der Waals surface area contributed by atoms with Crippen molar-refractivity contribution in [3.8, 4) is 5.69 Å². The predicted molar refractivity (Wildman–Crippen MR) is 142 cm³/mol. The highest BCUT2D eigenvalue weighted by molar-refractivity contribution is 6.05. The fraction of sp³-hybridized carbons (Fsp3) is 0.414. The molecule has 0 atom stereocenters. The molecule has 39 heavy (non-hydrogen) atoms. The Morgan fingerprint density at radius 1 is 0.974 bits per heavy atom. The van der Waals surface area contributed by atoms with Gasteiger partial charge >= 0.3 is 12.1 Å². The fourth-order valence-corrected chi connectivity index (χ4v) is 5.29. The third-order valence-electron chi connectivity index (χ3n) is 7.39. The quantitative estimate of drug-likeness (QED) is 0.435. The first kappa shape index (κ1) is 28.4. The van der Waals surface area contributed by atoms with Crippen molar-refractivity contribution in [1.82, 2.24) is 14.7 Å². The number of nitrogens with one attached hydrogen (secondary N) is 1. The second-order valence-electron chi connectivity index (χ2n) is 9.96. The molecule has 208 valence electrons. The van der Waals surface area contributed by atoms with Crippen molar-refractivity contribution in [2.45, 2.75) is 64.1 Å². The molecule has 3 aromatic rings. The largest absolute Gasteiger partial charge is 0.490 e. The molecule has 0 saturated heterocycles. The summed E-state index contributed by atoms with van der Waals surface area (Å²) in [5.74, 6) is -2.87. The molecule has 0 spiro atoms. The van der Waals surface area contributed by atoms with Crippen LogP contribution in [0.3, 0.4) is 0 Å². The van der Waals surface area contributed by atoms with Crippen LogP contribution >= 0.6 is 0 Å². The average Bonchev–Trinajstić information content (AvgIpc) is 3.18. The van der Waals surface area contributed by atoms with Crippen LogP contribution in [-0.2, 0) is 17.6 Å². The highest BCUT2D eigenvalue weighted by Crippen LogP contribution is 2.27. The number of fused-ring (bicyclic) bond motifs is 1. The fourth-order valence-electron chi connectivity index (χ4n) is 5.29. The van der Waals surface area contributed by atoms with Crippen molar-refractivity contribution >= 4 is 17.6 Å². The first-order valence-corrected chi connectivity index (χ1v) is 13.2. The normalized spacial score (nSPS) is 16.4. The molecule has 1 aliphatic carbocycles. The van der Waals surface area contributed by atoms with Crippen molar-refractivity contribution in [3.63, 3.8) is 0 Å². The number of carboxylic acids is 1. The van der Waals surface area contributed by atoms with Crippen LogP contribution in [0.15, 0.2) is 54.7 Å². The minimum atomic E-state index is -5.08. The number of amides is 1. The third kappa shape index (κ3) is 7.26. The molecule has 1 saturated carbocycles. The molecule has 2 heterocycles. The summed E-state index contributed by atoms with van der Waals surface area (Å²) >= 11 is 0. The lowest BCUT2D eigenvalue weighted by atomic mass is 9.94. The molecule has 5 rings (SSSR count). The highest BCUT2D eigenvalue weighted by Gasteiger charge is 2.38. The zero-order valence-electron chi connectivity index (χ0n) is 21.9. The van der Waals surface area contributed by atoms with Gasteiger partial charge in [0.15, 0.2) is 0 Å². The number of hydrogen-bond acceptors (Lipinski definition) is 4. The Morgan fingerprint density at radius 2 is 1.62 bits per heavy atom. The van der Waals surface area contributed by atoms with E-state index in [2.05, 4.69) is 27.4 Å². The lowest BCUT2D eigenvalue weighted by Gasteiger charge is -2.33. The molecule has 7 nitrogen and oxygen atoms in total. The van der Waals surface area contributed by atoms with Gasteiger partial charge in [0, 0.05) is 24.8 Å². The van der Waals surface area contributed by atoms with Gasteiger partial charge < -0.3 is 10.4 Å². The molecule has 0 unspecified atom stereocenters. The molecule has 1 amide bonds.